The molecule has 0 saturated heterocycles. The second kappa shape index (κ2) is 10.00. The summed E-state index contributed by atoms with van der Waals surface area (Å²) in [6, 6.07) is 18.1. The number of sulfonamides is 1. The van der Waals surface area contributed by atoms with Crippen molar-refractivity contribution in [3.63, 3.8) is 0 Å². The van der Waals surface area contributed by atoms with Gasteiger partial charge in [-0.2, -0.15) is 0 Å². The van der Waals surface area contributed by atoms with Gasteiger partial charge in [0.25, 0.3) is 0 Å². The molecule has 0 fully saturated rings. The van der Waals surface area contributed by atoms with Crippen molar-refractivity contribution < 1.29 is 13.2 Å². The smallest absolute Gasteiger partial charge is 0.213 e. The lowest BCUT2D eigenvalue weighted by atomic mass is 10.0. The summed E-state index contributed by atoms with van der Waals surface area (Å²) in [6.07, 6.45) is 0. The molecule has 2 aromatic rings. The molecule has 0 bridgehead atoms. The van der Waals surface area contributed by atoms with Gasteiger partial charge in [-0.1, -0.05) is 37.3 Å². The maximum absolute atomic E-state index is 11.8. The van der Waals surface area contributed by atoms with Crippen LogP contribution < -0.4 is 9.46 Å². The van der Waals surface area contributed by atoms with Gasteiger partial charge in [0.2, 0.25) is 10.0 Å². The number of hydrogen-bond donors (Lipinski definition) is 1. The van der Waals surface area contributed by atoms with Gasteiger partial charge in [-0.05, 0) is 49.6 Å². The number of ether oxygens (including phenoxy) is 1. The zero-order chi connectivity index (χ0) is 19.0. The molecule has 0 aromatic heterocycles. The van der Waals surface area contributed by atoms with E-state index in [2.05, 4.69) is 16.9 Å². The molecule has 1 N–H and O–H groups in total. The minimum atomic E-state index is -3.22. The normalized spacial score (nSPS) is 12.9. The second-order valence-corrected chi connectivity index (χ2v) is 9.91. The Morgan fingerprint density at radius 1 is 1.00 bits per heavy atom. The largest absolute Gasteiger partial charge is 0.493 e. The molecule has 2 rings (SSSR count). The van der Waals surface area contributed by atoms with Crippen molar-refractivity contribution in [1.82, 2.24) is 4.72 Å². The van der Waals surface area contributed by atoms with Crippen LogP contribution in [0.4, 0.5) is 0 Å². The Balaban J connectivity index is 1.76. The Hall–Kier alpha value is -1.50. The Bertz CT molecular complexity index is 759. The van der Waals surface area contributed by atoms with Crippen LogP contribution in [0, 0.1) is 0 Å². The molecule has 4 nitrogen and oxygen atoms in total. The highest BCUT2D eigenvalue weighted by molar-refractivity contribution is 7.99. The third-order valence-electron chi connectivity index (χ3n) is 4.02. The summed E-state index contributed by atoms with van der Waals surface area (Å²) in [5.41, 5.74) is 1.09. The SMILES string of the molecule is CC(CNS(=O)(=O)C(C)C)c1ccc(OCCSc2ccccc2)cc1. The van der Waals surface area contributed by atoms with Crippen LogP contribution >= 0.6 is 11.8 Å². The van der Waals surface area contributed by atoms with Crippen LogP contribution in [-0.2, 0) is 10.0 Å². The molecule has 1 unspecified atom stereocenters. The fourth-order valence-corrected chi connectivity index (χ4v) is 3.82. The molecule has 0 amide bonds. The number of rotatable bonds is 10. The van der Waals surface area contributed by atoms with Crippen molar-refractivity contribution in [3.05, 3.63) is 60.2 Å². The van der Waals surface area contributed by atoms with Crippen LogP contribution in [0.2, 0.25) is 0 Å². The first-order valence-electron chi connectivity index (χ1n) is 8.77. The van der Waals surface area contributed by atoms with E-state index in [0.717, 1.165) is 17.1 Å². The molecule has 1 atom stereocenters. The summed E-state index contributed by atoms with van der Waals surface area (Å²) in [5, 5.41) is -0.417. The van der Waals surface area contributed by atoms with Crippen molar-refractivity contribution in [2.45, 2.75) is 36.8 Å². The van der Waals surface area contributed by atoms with E-state index in [1.807, 2.05) is 49.4 Å². The average molecular weight is 394 g/mol. The van der Waals surface area contributed by atoms with Gasteiger partial charge in [-0.25, -0.2) is 13.1 Å². The lowest BCUT2D eigenvalue weighted by molar-refractivity contribution is 0.344. The fourth-order valence-electron chi connectivity index (χ4n) is 2.25. The van der Waals surface area contributed by atoms with Crippen molar-refractivity contribution >= 4 is 21.8 Å². The fraction of sp³-hybridized carbons (Fsp3) is 0.400. The van der Waals surface area contributed by atoms with Crippen LogP contribution in [0.15, 0.2) is 59.5 Å². The Kier molecular flexibility index (Phi) is 8.00. The molecule has 0 aliphatic heterocycles. The highest BCUT2D eigenvalue weighted by atomic mass is 32.2. The molecule has 0 radical (unpaired) electrons. The average Bonchev–Trinajstić information content (AvgIpc) is 2.64. The standard InChI is InChI=1S/C20H27NO3S2/c1-16(2)26(22,23)21-15-17(3)18-9-11-19(12-10-18)24-13-14-25-20-7-5-4-6-8-20/h4-12,16-17,21H,13-15H2,1-3H3. The monoisotopic (exact) mass is 393 g/mol. The van der Waals surface area contributed by atoms with Gasteiger partial charge in [0.1, 0.15) is 5.75 Å². The summed E-state index contributed by atoms with van der Waals surface area (Å²) in [4.78, 5) is 1.24. The zero-order valence-electron chi connectivity index (χ0n) is 15.5. The lowest BCUT2D eigenvalue weighted by Crippen LogP contribution is -2.33. The molecule has 0 aliphatic rings. The van der Waals surface area contributed by atoms with E-state index in [9.17, 15) is 8.42 Å². The zero-order valence-corrected chi connectivity index (χ0v) is 17.1. The molecule has 0 heterocycles. The first-order chi connectivity index (χ1) is 12.4. The van der Waals surface area contributed by atoms with Gasteiger partial charge in [-0.15, -0.1) is 11.8 Å². The Labute approximate surface area is 161 Å². The molecule has 2 aromatic carbocycles. The predicted molar refractivity (Wildman–Crippen MR) is 110 cm³/mol. The van der Waals surface area contributed by atoms with E-state index < -0.39 is 15.3 Å². The molecular formula is C20H27NO3S2. The summed E-state index contributed by atoms with van der Waals surface area (Å²) in [7, 11) is -3.22. The Morgan fingerprint density at radius 2 is 1.65 bits per heavy atom. The van der Waals surface area contributed by atoms with Gasteiger partial charge >= 0.3 is 0 Å². The first kappa shape index (κ1) is 20.8. The van der Waals surface area contributed by atoms with E-state index in [0.29, 0.717) is 13.2 Å². The van der Waals surface area contributed by atoms with Crippen LogP contribution in [-0.4, -0.2) is 32.6 Å². The van der Waals surface area contributed by atoms with E-state index in [4.69, 9.17) is 4.74 Å². The summed E-state index contributed by atoms with van der Waals surface area (Å²) < 4.78 is 32.1. The van der Waals surface area contributed by atoms with Crippen molar-refractivity contribution in [2.24, 2.45) is 0 Å². The third-order valence-corrected chi connectivity index (χ3v) is 6.81. The second-order valence-electron chi connectivity index (χ2n) is 6.42. The van der Waals surface area contributed by atoms with Crippen molar-refractivity contribution in [2.75, 3.05) is 18.9 Å². The van der Waals surface area contributed by atoms with Gasteiger partial charge in [0, 0.05) is 17.2 Å². The minimum Gasteiger partial charge on any atom is -0.493 e. The van der Waals surface area contributed by atoms with E-state index >= 15 is 0 Å². The quantitative estimate of drug-likeness (QED) is 0.483. The van der Waals surface area contributed by atoms with Gasteiger partial charge in [0.05, 0.1) is 11.9 Å². The Morgan fingerprint density at radius 3 is 2.27 bits per heavy atom. The number of nitrogens with one attached hydrogen (secondary N) is 1. The first-order valence-corrected chi connectivity index (χ1v) is 11.3. The molecular weight excluding hydrogens is 366 g/mol. The molecule has 26 heavy (non-hydrogen) atoms. The molecule has 0 spiro atoms. The summed E-state index contributed by atoms with van der Waals surface area (Å²) >= 11 is 1.77. The summed E-state index contributed by atoms with van der Waals surface area (Å²) in [5.74, 6) is 1.82. The third kappa shape index (κ3) is 6.67. The van der Waals surface area contributed by atoms with Crippen molar-refractivity contribution in [1.29, 1.82) is 0 Å². The van der Waals surface area contributed by atoms with E-state index in [1.165, 1.54) is 4.90 Å². The van der Waals surface area contributed by atoms with E-state index in [-0.39, 0.29) is 5.92 Å². The topological polar surface area (TPSA) is 55.4 Å². The number of benzene rings is 2. The van der Waals surface area contributed by atoms with Crippen LogP contribution in [0.3, 0.4) is 0 Å². The van der Waals surface area contributed by atoms with Gasteiger partial charge < -0.3 is 4.74 Å². The molecule has 142 valence electrons. The predicted octanol–water partition coefficient (Wildman–Crippen LogP) is 4.29. The number of thioether (sulfide) groups is 1. The maximum atomic E-state index is 11.8. The van der Waals surface area contributed by atoms with E-state index in [1.54, 1.807) is 25.6 Å². The van der Waals surface area contributed by atoms with Crippen LogP contribution in [0.1, 0.15) is 32.3 Å². The van der Waals surface area contributed by atoms with Crippen LogP contribution in [0.5, 0.6) is 5.75 Å². The lowest BCUT2D eigenvalue weighted by Gasteiger charge is -2.15. The summed E-state index contributed by atoms with van der Waals surface area (Å²) in [6.45, 7) is 6.40. The van der Waals surface area contributed by atoms with Crippen molar-refractivity contribution in [3.8, 4) is 5.75 Å². The van der Waals surface area contributed by atoms with Crippen LogP contribution in [0.25, 0.3) is 0 Å². The highest BCUT2D eigenvalue weighted by Crippen LogP contribution is 2.20. The highest BCUT2D eigenvalue weighted by Gasteiger charge is 2.16. The molecule has 0 saturated carbocycles. The maximum Gasteiger partial charge on any atom is 0.213 e. The minimum absolute atomic E-state index is 0.103. The number of hydrogen-bond acceptors (Lipinski definition) is 4. The van der Waals surface area contributed by atoms with Gasteiger partial charge in [0.15, 0.2) is 0 Å². The molecule has 6 heteroatoms. The molecule has 0 aliphatic carbocycles. The van der Waals surface area contributed by atoms with Gasteiger partial charge in [-0.3, -0.25) is 0 Å².